The highest BCUT2D eigenvalue weighted by Gasteiger charge is 2.24. The number of carbonyl (C=O) groups is 1. The highest BCUT2D eigenvalue weighted by molar-refractivity contribution is 7.09. The van der Waals surface area contributed by atoms with Gasteiger partial charge in [0.05, 0.1) is 36.0 Å². The van der Waals surface area contributed by atoms with E-state index < -0.39 is 0 Å². The summed E-state index contributed by atoms with van der Waals surface area (Å²) in [6.45, 7) is 6.70. The van der Waals surface area contributed by atoms with Crippen molar-refractivity contribution >= 4 is 17.2 Å². The van der Waals surface area contributed by atoms with E-state index in [0.29, 0.717) is 19.1 Å². The molecule has 2 aromatic heterocycles. The lowest BCUT2D eigenvalue weighted by atomic mass is 9.93. The van der Waals surface area contributed by atoms with Crippen LogP contribution in [0.2, 0.25) is 0 Å². The average molecular weight is 316 g/mol. The Hall–Kier alpha value is -1.95. The second kappa shape index (κ2) is 6.44. The van der Waals surface area contributed by atoms with Gasteiger partial charge in [-0.3, -0.25) is 9.48 Å². The van der Waals surface area contributed by atoms with Gasteiger partial charge in [0.1, 0.15) is 0 Å². The van der Waals surface area contributed by atoms with Crippen molar-refractivity contribution in [2.24, 2.45) is 0 Å². The van der Waals surface area contributed by atoms with Gasteiger partial charge in [0.15, 0.2) is 0 Å². The number of thiazole rings is 1. The van der Waals surface area contributed by atoms with E-state index >= 15 is 0 Å². The largest absolute Gasteiger partial charge is 0.327 e. The molecular weight excluding hydrogens is 296 g/mol. The minimum atomic E-state index is -0.0752. The summed E-state index contributed by atoms with van der Waals surface area (Å²) in [6, 6.07) is 2.49. The zero-order valence-corrected chi connectivity index (χ0v) is 13.6. The molecule has 2 heterocycles. The molecule has 0 aliphatic heterocycles. The van der Waals surface area contributed by atoms with Gasteiger partial charge in [-0.2, -0.15) is 5.10 Å². The maximum atomic E-state index is 12.2. The van der Waals surface area contributed by atoms with Crippen molar-refractivity contribution in [3.8, 4) is 0 Å². The average Bonchev–Trinajstić information content (AvgIpc) is 3.06. The zero-order valence-electron chi connectivity index (χ0n) is 12.7. The predicted octanol–water partition coefficient (Wildman–Crippen LogP) is 3.09. The van der Waals surface area contributed by atoms with Crippen LogP contribution in [-0.4, -0.2) is 25.6 Å². The maximum absolute atomic E-state index is 12.2. The van der Waals surface area contributed by atoms with Crippen LogP contribution in [0.25, 0.3) is 0 Å². The lowest BCUT2D eigenvalue weighted by molar-refractivity contribution is -0.127. The molecule has 0 saturated heterocycles. The summed E-state index contributed by atoms with van der Waals surface area (Å²) in [4.78, 5) is 19.5. The van der Waals surface area contributed by atoms with Crippen molar-refractivity contribution in [1.29, 1.82) is 0 Å². The van der Waals surface area contributed by atoms with Crippen LogP contribution in [0.5, 0.6) is 0 Å². The Bertz CT molecular complexity index is 671. The van der Waals surface area contributed by atoms with Crippen molar-refractivity contribution in [3.05, 3.63) is 46.7 Å². The Morgan fingerprint density at radius 2 is 2.36 bits per heavy atom. The third-order valence-electron chi connectivity index (χ3n) is 4.20. The Morgan fingerprint density at radius 3 is 2.95 bits per heavy atom. The van der Waals surface area contributed by atoms with Gasteiger partial charge in [-0.25, -0.2) is 4.98 Å². The summed E-state index contributed by atoms with van der Waals surface area (Å²) >= 11 is 1.60. The molecule has 116 valence electrons. The molecule has 0 bridgehead atoms. The predicted molar refractivity (Wildman–Crippen MR) is 86.4 cm³/mol. The molecule has 1 aliphatic carbocycles. The second-order valence-corrected chi connectivity index (χ2v) is 6.66. The van der Waals surface area contributed by atoms with Gasteiger partial charge in [0.25, 0.3) is 0 Å². The first kappa shape index (κ1) is 15.0. The van der Waals surface area contributed by atoms with E-state index in [-0.39, 0.29) is 5.91 Å². The van der Waals surface area contributed by atoms with Gasteiger partial charge in [0.2, 0.25) is 5.91 Å². The van der Waals surface area contributed by atoms with Crippen LogP contribution in [0.4, 0.5) is 0 Å². The quantitative estimate of drug-likeness (QED) is 0.770. The van der Waals surface area contributed by atoms with Gasteiger partial charge in [-0.05, 0) is 38.3 Å². The first-order valence-electron chi connectivity index (χ1n) is 7.51. The highest BCUT2D eigenvalue weighted by Crippen LogP contribution is 2.32. The van der Waals surface area contributed by atoms with Crippen LogP contribution >= 0.6 is 11.3 Å². The molecule has 1 fully saturated rings. The van der Waals surface area contributed by atoms with Crippen molar-refractivity contribution in [2.75, 3.05) is 0 Å². The van der Waals surface area contributed by atoms with Gasteiger partial charge in [-0.1, -0.05) is 6.58 Å². The summed E-state index contributed by atoms with van der Waals surface area (Å²) in [5.74, 6) is -0.0752. The van der Waals surface area contributed by atoms with Gasteiger partial charge in [0, 0.05) is 11.1 Å². The summed E-state index contributed by atoms with van der Waals surface area (Å²) in [6.07, 6.45) is 6.80. The summed E-state index contributed by atoms with van der Waals surface area (Å²) in [7, 11) is 0. The fraction of sp³-hybridized carbons (Fsp3) is 0.438. The van der Waals surface area contributed by atoms with Crippen molar-refractivity contribution < 1.29 is 4.79 Å². The number of hydrogen-bond donors (Lipinski definition) is 0. The molecular formula is C16H20N4OS. The lowest BCUT2D eigenvalue weighted by Gasteiger charge is -2.29. The fourth-order valence-corrected chi connectivity index (χ4v) is 3.22. The number of aromatic nitrogens is 3. The number of amides is 1. The molecule has 0 radical (unpaired) electrons. The van der Waals surface area contributed by atoms with Crippen LogP contribution in [0, 0.1) is 6.92 Å². The van der Waals surface area contributed by atoms with E-state index in [1.807, 2.05) is 24.7 Å². The molecule has 6 heteroatoms. The summed E-state index contributed by atoms with van der Waals surface area (Å²) < 4.78 is 2.07. The van der Waals surface area contributed by atoms with E-state index in [1.54, 1.807) is 16.2 Å². The summed E-state index contributed by atoms with van der Waals surface area (Å²) in [5.41, 5.74) is 3.85. The molecule has 0 aromatic carbocycles. The van der Waals surface area contributed by atoms with Crippen LogP contribution < -0.4 is 0 Å². The molecule has 0 N–H and O–H groups in total. The molecule has 2 aromatic rings. The molecule has 0 atom stereocenters. The highest BCUT2D eigenvalue weighted by atomic mass is 32.1. The number of hydrogen-bond acceptors (Lipinski definition) is 4. The third kappa shape index (κ3) is 2.97. The number of aryl methyl sites for hydroxylation is 1. The lowest BCUT2D eigenvalue weighted by Crippen LogP contribution is -2.31. The molecule has 5 nitrogen and oxygen atoms in total. The Kier molecular flexibility index (Phi) is 4.38. The SMILES string of the molecule is C=CC(=O)N(Cc1ncsc1C)Cc1ccnn1C1CCC1. The first-order valence-corrected chi connectivity index (χ1v) is 8.39. The minimum absolute atomic E-state index is 0.0752. The fourth-order valence-electron chi connectivity index (χ4n) is 2.62. The number of rotatable bonds is 6. The molecule has 1 amide bonds. The van der Waals surface area contributed by atoms with Gasteiger partial charge < -0.3 is 4.90 Å². The number of carbonyl (C=O) groups excluding carboxylic acids is 1. The van der Waals surface area contributed by atoms with Crippen molar-refractivity contribution in [3.63, 3.8) is 0 Å². The van der Waals surface area contributed by atoms with Crippen LogP contribution in [-0.2, 0) is 17.9 Å². The van der Waals surface area contributed by atoms with Gasteiger partial charge in [-0.15, -0.1) is 11.3 Å². The molecule has 0 unspecified atom stereocenters. The van der Waals surface area contributed by atoms with E-state index in [9.17, 15) is 4.79 Å². The van der Waals surface area contributed by atoms with Crippen LogP contribution in [0.3, 0.4) is 0 Å². The molecule has 0 spiro atoms. The van der Waals surface area contributed by atoms with E-state index in [4.69, 9.17) is 0 Å². The van der Waals surface area contributed by atoms with E-state index in [2.05, 4.69) is 21.3 Å². The minimum Gasteiger partial charge on any atom is -0.327 e. The normalized spacial score (nSPS) is 14.6. The molecule has 3 rings (SSSR count). The second-order valence-electron chi connectivity index (χ2n) is 5.61. The molecule has 1 aliphatic rings. The maximum Gasteiger partial charge on any atom is 0.246 e. The smallest absolute Gasteiger partial charge is 0.246 e. The monoisotopic (exact) mass is 316 g/mol. The zero-order chi connectivity index (χ0) is 15.5. The van der Waals surface area contributed by atoms with Crippen molar-refractivity contribution in [1.82, 2.24) is 19.7 Å². The van der Waals surface area contributed by atoms with Crippen LogP contribution in [0.1, 0.15) is 41.6 Å². The summed E-state index contributed by atoms with van der Waals surface area (Å²) in [5, 5.41) is 4.43. The Balaban J connectivity index is 1.78. The number of nitrogens with zero attached hydrogens (tertiary/aromatic N) is 4. The Morgan fingerprint density at radius 1 is 1.55 bits per heavy atom. The Labute approximate surface area is 134 Å². The first-order chi connectivity index (χ1) is 10.7. The van der Waals surface area contributed by atoms with Crippen molar-refractivity contribution in [2.45, 2.75) is 45.3 Å². The standard InChI is InChI=1S/C16H20N4OS/c1-3-16(21)19(10-15-12(2)22-11-17-15)9-14-7-8-18-20(14)13-5-4-6-13/h3,7-8,11,13H,1,4-6,9-10H2,2H3. The van der Waals surface area contributed by atoms with Gasteiger partial charge >= 0.3 is 0 Å². The third-order valence-corrected chi connectivity index (χ3v) is 5.00. The van der Waals surface area contributed by atoms with E-state index in [0.717, 1.165) is 16.3 Å². The molecule has 22 heavy (non-hydrogen) atoms. The molecule has 1 saturated carbocycles. The topological polar surface area (TPSA) is 51.0 Å². The van der Waals surface area contributed by atoms with E-state index in [1.165, 1.54) is 25.3 Å². The van der Waals surface area contributed by atoms with Crippen LogP contribution in [0.15, 0.2) is 30.4 Å².